The smallest absolute Gasteiger partial charge is 0.220 e. The van der Waals surface area contributed by atoms with Gasteiger partial charge in [0.2, 0.25) is 5.91 Å². The zero-order chi connectivity index (χ0) is 19.2. The molecule has 3 heterocycles. The van der Waals surface area contributed by atoms with Gasteiger partial charge in [0.05, 0.1) is 6.04 Å². The standard InChI is InChI=1S/C23H26N2O2S/c26-23(13-11-19-10-12-21(27-19)18-7-2-1-3-8-18)24-17-20(22-9-6-16-28-22)25-14-4-5-15-25/h1-3,6-10,12,16,20H,4-5,11,13-15,17H2,(H,24,26). The number of benzene rings is 1. The van der Waals surface area contributed by atoms with E-state index in [9.17, 15) is 4.79 Å². The van der Waals surface area contributed by atoms with Gasteiger partial charge in [-0.2, -0.15) is 0 Å². The minimum atomic E-state index is 0.0819. The van der Waals surface area contributed by atoms with Crippen LogP contribution in [0.5, 0.6) is 0 Å². The van der Waals surface area contributed by atoms with Crippen LogP contribution >= 0.6 is 11.3 Å². The third kappa shape index (κ3) is 4.72. The van der Waals surface area contributed by atoms with Crippen molar-refractivity contribution in [3.8, 4) is 11.3 Å². The number of carbonyl (C=O) groups excluding carboxylic acids is 1. The number of amides is 1. The van der Waals surface area contributed by atoms with Crippen molar-refractivity contribution in [1.29, 1.82) is 0 Å². The molecule has 146 valence electrons. The van der Waals surface area contributed by atoms with Crippen molar-refractivity contribution in [2.75, 3.05) is 19.6 Å². The minimum Gasteiger partial charge on any atom is -0.461 e. The second-order valence-electron chi connectivity index (χ2n) is 7.21. The molecule has 4 nitrogen and oxygen atoms in total. The van der Waals surface area contributed by atoms with Crippen LogP contribution in [-0.4, -0.2) is 30.4 Å². The maximum absolute atomic E-state index is 12.4. The molecule has 0 aliphatic carbocycles. The Morgan fingerprint density at radius 3 is 2.64 bits per heavy atom. The Morgan fingerprint density at radius 2 is 1.89 bits per heavy atom. The van der Waals surface area contributed by atoms with Crippen molar-refractivity contribution < 1.29 is 9.21 Å². The number of nitrogens with zero attached hydrogens (tertiary/aromatic N) is 1. The Bertz CT molecular complexity index is 867. The van der Waals surface area contributed by atoms with Crippen molar-refractivity contribution in [3.63, 3.8) is 0 Å². The second kappa shape index (κ2) is 9.22. The molecule has 1 atom stereocenters. The molecular formula is C23H26N2O2S. The van der Waals surface area contributed by atoms with Crippen LogP contribution in [0, 0.1) is 0 Å². The topological polar surface area (TPSA) is 45.5 Å². The first-order chi connectivity index (χ1) is 13.8. The highest BCUT2D eigenvalue weighted by Gasteiger charge is 2.24. The molecule has 2 aromatic heterocycles. The van der Waals surface area contributed by atoms with Gasteiger partial charge in [0.25, 0.3) is 0 Å². The molecular weight excluding hydrogens is 368 g/mol. The molecule has 1 fully saturated rings. The van der Waals surface area contributed by atoms with Gasteiger partial charge >= 0.3 is 0 Å². The summed E-state index contributed by atoms with van der Waals surface area (Å²) in [7, 11) is 0. The zero-order valence-electron chi connectivity index (χ0n) is 16.0. The molecule has 1 saturated heterocycles. The number of hydrogen-bond acceptors (Lipinski definition) is 4. The number of likely N-dealkylation sites (tertiary alicyclic amines) is 1. The van der Waals surface area contributed by atoms with Gasteiger partial charge in [-0.05, 0) is 49.5 Å². The van der Waals surface area contributed by atoms with Crippen molar-refractivity contribution >= 4 is 17.2 Å². The van der Waals surface area contributed by atoms with Gasteiger partial charge in [0.15, 0.2) is 0 Å². The lowest BCUT2D eigenvalue weighted by Crippen LogP contribution is -2.36. The molecule has 1 aliphatic heterocycles. The molecule has 1 amide bonds. The molecule has 0 radical (unpaired) electrons. The lowest BCUT2D eigenvalue weighted by Gasteiger charge is -2.26. The Labute approximate surface area is 170 Å². The number of furan rings is 1. The van der Waals surface area contributed by atoms with Crippen LogP contribution in [0.4, 0.5) is 0 Å². The van der Waals surface area contributed by atoms with E-state index < -0.39 is 0 Å². The van der Waals surface area contributed by atoms with Crippen LogP contribution in [-0.2, 0) is 11.2 Å². The van der Waals surface area contributed by atoms with E-state index in [1.165, 1.54) is 17.7 Å². The summed E-state index contributed by atoms with van der Waals surface area (Å²) in [5.41, 5.74) is 1.06. The first kappa shape index (κ1) is 19.0. The van der Waals surface area contributed by atoms with Crippen LogP contribution in [0.3, 0.4) is 0 Å². The van der Waals surface area contributed by atoms with Crippen molar-refractivity contribution in [3.05, 3.63) is 70.6 Å². The SMILES string of the molecule is O=C(CCc1ccc(-c2ccccc2)o1)NCC(c1cccs1)N1CCCC1. The summed E-state index contributed by atoms with van der Waals surface area (Å²) in [5.74, 6) is 1.78. The van der Waals surface area contributed by atoms with E-state index in [1.54, 1.807) is 11.3 Å². The summed E-state index contributed by atoms with van der Waals surface area (Å²) in [6, 6.07) is 18.5. The van der Waals surface area contributed by atoms with E-state index in [1.807, 2.05) is 42.5 Å². The maximum Gasteiger partial charge on any atom is 0.220 e. The Kier molecular flexibility index (Phi) is 6.24. The van der Waals surface area contributed by atoms with E-state index in [0.29, 0.717) is 25.4 Å². The predicted molar refractivity (Wildman–Crippen MR) is 113 cm³/mol. The van der Waals surface area contributed by atoms with Crippen LogP contribution in [0.15, 0.2) is 64.4 Å². The normalized spacial score (nSPS) is 15.6. The molecule has 0 spiro atoms. The fraction of sp³-hybridized carbons (Fsp3) is 0.348. The van der Waals surface area contributed by atoms with Gasteiger partial charge in [-0.25, -0.2) is 0 Å². The van der Waals surface area contributed by atoms with Crippen molar-refractivity contribution in [1.82, 2.24) is 10.2 Å². The van der Waals surface area contributed by atoms with Crippen molar-refractivity contribution in [2.24, 2.45) is 0 Å². The lowest BCUT2D eigenvalue weighted by atomic mass is 10.2. The number of nitrogens with one attached hydrogen (secondary N) is 1. The first-order valence-corrected chi connectivity index (χ1v) is 10.9. The minimum absolute atomic E-state index is 0.0819. The van der Waals surface area contributed by atoms with Gasteiger partial charge in [0, 0.05) is 29.8 Å². The number of carbonyl (C=O) groups is 1. The van der Waals surface area contributed by atoms with E-state index >= 15 is 0 Å². The fourth-order valence-corrected chi connectivity index (χ4v) is 4.61. The molecule has 5 heteroatoms. The first-order valence-electron chi connectivity index (χ1n) is 9.98. The van der Waals surface area contributed by atoms with Crippen molar-refractivity contribution in [2.45, 2.75) is 31.7 Å². The molecule has 4 rings (SSSR count). The third-order valence-corrected chi connectivity index (χ3v) is 6.24. The molecule has 28 heavy (non-hydrogen) atoms. The van der Waals surface area contributed by atoms with Gasteiger partial charge < -0.3 is 9.73 Å². The Hall–Kier alpha value is -2.37. The summed E-state index contributed by atoms with van der Waals surface area (Å²) in [4.78, 5) is 16.2. The summed E-state index contributed by atoms with van der Waals surface area (Å²) in [5, 5.41) is 5.25. The van der Waals surface area contributed by atoms with Gasteiger partial charge in [-0.3, -0.25) is 9.69 Å². The average molecular weight is 395 g/mol. The molecule has 0 bridgehead atoms. The maximum atomic E-state index is 12.4. The molecule has 1 aromatic carbocycles. The number of aryl methyl sites for hydroxylation is 1. The third-order valence-electron chi connectivity index (χ3n) is 5.26. The summed E-state index contributed by atoms with van der Waals surface area (Å²) in [6.45, 7) is 2.91. The Morgan fingerprint density at radius 1 is 1.07 bits per heavy atom. The molecule has 0 saturated carbocycles. The van der Waals surface area contributed by atoms with E-state index in [-0.39, 0.29) is 5.91 Å². The summed E-state index contributed by atoms with van der Waals surface area (Å²) < 4.78 is 5.90. The van der Waals surface area contributed by atoms with Crippen LogP contribution in [0.1, 0.15) is 35.9 Å². The quantitative estimate of drug-likeness (QED) is 0.591. The summed E-state index contributed by atoms with van der Waals surface area (Å²) in [6.07, 6.45) is 3.56. The predicted octanol–water partition coefficient (Wildman–Crippen LogP) is 4.89. The van der Waals surface area contributed by atoms with Crippen LogP contribution in [0.25, 0.3) is 11.3 Å². The van der Waals surface area contributed by atoms with Gasteiger partial charge in [-0.15, -0.1) is 11.3 Å². The monoisotopic (exact) mass is 394 g/mol. The van der Waals surface area contributed by atoms with Gasteiger partial charge in [-0.1, -0.05) is 36.4 Å². The van der Waals surface area contributed by atoms with E-state index in [4.69, 9.17) is 4.42 Å². The largest absolute Gasteiger partial charge is 0.461 e. The highest BCUT2D eigenvalue weighted by molar-refractivity contribution is 7.10. The average Bonchev–Trinajstić information content (AvgIpc) is 3.50. The second-order valence-corrected chi connectivity index (χ2v) is 8.19. The van der Waals surface area contributed by atoms with Crippen LogP contribution in [0.2, 0.25) is 0 Å². The fourth-order valence-electron chi connectivity index (χ4n) is 3.75. The number of hydrogen-bond donors (Lipinski definition) is 1. The van der Waals surface area contributed by atoms with E-state index in [2.05, 4.69) is 27.7 Å². The van der Waals surface area contributed by atoms with Gasteiger partial charge in [0.1, 0.15) is 11.5 Å². The Balaban J connectivity index is 1.29. The molecule has 3 aromatic rings. The molecule has 1 aliphatic rings. The van der Waals surface area contributed by atoms with E-state index in [0.717, 1.165) is 30.2 Å². The van der Waals surface area contributed by atoms with Crippen LogP contribution < -0.4 is 5.32 Å². The summed E-state index contributed by atoms with van der Waals surface area (Å²) >= 11 is 1.77. The zero-order valence-corrected chi connectivity index (χ0v) is 16.8. The molecule has 1 unspecified atom stereocenters. The highest BCUT2D eigenvalue weighted by atomic mass is 32.1. The number of thiophene rings is 1. The molecule has 1 N–H and O–H groups in total. The highest BCUT2D eigenvalue weighted by Crippen LogP contribution is 2.28. The lowest BCUT2D eigenvalue weighted by molar-refractivity contribution is -0.121. The number of rotatable bonds is 8.